The highest BCUT2D eigenvalue weighted by Gasteiger charge is 2.14. The van der Waals surface area contributed by atoms with Crippen LogP contribution in [0, 0.1) is 0 Å². The number of aromatic amines is 1. The van der Waals surface area contributed by atoms with Crippen molar-refractivity contribution < 1.29 is 0 Å². The molecule has 19 heteroatoms. The van der Waals surface area contributed by atoms with Crippen LogP contribution in [-0.4, -0.2) is 83.8 Å². The number of aromatic nitrogens is 13. The van der Waals surface area contributed by atoms with Crippen LogP contribution in [0.2, 0.25) is 5.15 Å². The normalized spacial score (nSPS) is 13.3. The van der Waals surface area contributed by atoms with E-state index in [1.54, 1.807) is 29.7 Å². The van der Waals surface area contributed by atoms with Crippen LogP contribution in [0.5, 0.6) is 0 Å². The zero-order chi connectivity index (χ0) is 38.2. The molecular formula is C37H37ClN18. The van der Waals surface area contributed by atoms with E-state index in [0.29, 0.717) is 40.7 Å². The molecule has 1 unspecified atom stereocenters. The molecule has 1 saturated heterocycles. The van der Waals surface area contributed by atoms with E-state index in [1.165, 1.54) is 23.8 Å². The number of piperidine rings is 1. The van der Waals surface area contributed by atoms with Gasteiger partial charge in [0.2, 0.25) is 17.8 Å². The molecule has 0 radical (unpaired) electrons. The summed E-state index contributed by atoms with van der Waals surface area (Å²) in [5.74, 6) is 3.70. The molecule has 8 aromatic rings. The van der Waals surface area contributed by atoms with Gasteiger partial charge < -0.3 is 26.6 Å². The fourth-order valence-corrected chi connectivity index (χ4v) is 5.41. The van der Waals surface area contributed by atoms with Crippen molar-refractivity contribution in [3.8, 4) is 11.6 Å². The summed E-state index contributed by atoms with van der Waals surface area (Å²) in [5, 5.41) is 31.6. The number of para-hydroxylation sites is 3. The van der Waals surface area contributed by atoms with E-state index in [2.05, 4.69) is 81.9 Å². The molecule has 6 heterocycles. The van der Waals surface area contributed by atoms with E-state index in [-0.39, 0.29) is 0 Å². The quantitative estimate of drug-likeness (QED) is 0.0885. The second kappa shape index (κ2) is 19.1. The van der Waals surface area contributed by atoms with Crippen molar-refractivity contribution in [3.63, 3.8) is 0 Å². The van der Waals surface area contributed by atoms with E-state index < -0.39 is 0 Å². The monoisotopic (exact) mass is 768 g/mol. The first kappa shape index (κ1) is 37.0. The molecular weight excluding hydrogens is 732 g/mol. The Bertz CT molecular complexity index is 2330. The number of H-pyrrole nitrogens is 1. The van der Waals surface area contributed by atoms with Gasteiger partial charge in [-0.3, -0.25) is 0 Å². The minimum atomic E-state index is 0.359. The first-order valence-electron chi connectivity index (χ1n) is 17.6. The maximum absolute atomic E-state index is 5.80. The number of halogens is 1. The summed E-state index contributed by atoms with van der Waals surface area (Å²) in [6, 6.07) is 33.2. The average molecular weight is 769 g/mol. The third-order valence-electron chi connectivity index (χ3n) is 7.89. The number of benzene rings is 3. The molecule has 3 aromatic carbocycles. The van der Waals surface area contributed by atoms with Gasteiger partial charge in [0.25, 0.3) is 0 Å². The maximum Gasteiger partial charge on any atom is 0.247 e. The third kappa shape index (κ3) is 11.1. The van der Waals surface area contributed by atoms with E-state index >= 15 is 0 Å². The molecule has 0 saturated carbocycles. The minimum absolute atomic E-state index is 0.359. The van der Waals surface area contributed by atoms with Gasteiger partial charge in [-0.1, -0.05) is 66.2 Å². The third-order valence-corrected chi connectivity index (χ3v) is 8.09. The number of anilines is 7. The summed E-state index contributed by atoms with van der Waals surface area (Å²) in [7, 11) is 0. The lowest BCUT2D eigenvalue weighted by atomic mass is 10.1. The molecule has 5 aromatic heterocycles. The standard InChI is InChI=1S/C17H20N8.C12H9ClN6.C8H8N4/c1-2-5-13(6-3-1)23-17-21-12-25(24-17)16-9-15(19-11-20-16)22-14-7-4-8-18-10-14;13-10-6-11(15-7-14-10)19-8-16-12(18-19)17-9-4-2-1-3-5-9;1-2-4-7(5-3-1)11-8-9-6-10-12-8/h1-3,5-6,9,11-12,14,18H,4,7-8,10H2,(H,23,24)(H,19,20,22);1-8H,(H,17,18);1-6H,(H2,9,10,11,12). The number of nitrogens with zero attached hydrogens (tertiary/aromatic N) is 12. The molecule has 282 valence electrons. The van der Waals surface area contributed by atoms with Gasteiger partial charge in [-0.05, 0) is 55.8 Å². The molecule has 0 aliphatic carbocycles. The van der Waals surface area contributed by atoms with Crippen LogP contribution in [-0.2, 0) is 0 Å². The minimum Gasteiger partial charge on any atom is -0.366 e. The van der Waals surface area contributed by atoms with Crippen LogP contribution in [0.1, 0.15) is 12.8 Å². The molecule has 1 aliphatic rings. The molecule has 0 amide bonds. The number of hydrogen-bond acceptors (Lipinski definition) is 15. The largest absolute Gasteiger partial charge is 0.366 e. The van der Waals surface area contributed by atoms with Crippen LogP contribution in [0.15, 0.2) is 135 Å². The van der Waals surface area contributed by atoms with E-state index in [1.807, 2.05) is 97.1 Å². The summed E-state index contributed by atoms with van der Waals surface area (Å²) >= 11 is 5.80. The average Bonchev–Trinajstić information content (AvgIpc) is 4.04. The van der Waals surface area contributed by atoms with Crippen molar-refractivity contribution in [2.75, 3.05) is 34.4 Å². The van der Waals surface area contributed by atoms with Gasteiger partial charge in [-0.25, -0.2) is 34.4 Å². The summed E-state index contributed by atoms with van der Waals surface area (Å²) in [6.45, 7) is 2.04. The summed E-state index contributed by atoms with van der Waals surface area (Å²) in [4.78, 5) is 28.9. The van der Waals surface area contributed by atoms with Crippen LogP contribution < -0.4 is 26.6 Å². The smallest absolute Gasteiger partial charge is 0.247 e. The van der Waals surface area contributed by atoms with Crippen molar-refractivity contribution in [2.45, 2.75) is 18.9 Å². The van der Waals surface area contributed by atoms with Gasteiger partial charge in [0.05, 0.1) is 0 Å². The Morgan fingerprint density at radius 2 is 1.18 bits per heavy atom. The first-order chi connectivity index (χ1) is 27.6. The molecule has 6 N–H and O–H groups in total. The highest BCUT2D eigenvalue weighted by Crippen LogP contribution is 2.16. The number of rotatable bonds is 10. The van der Waals surface area contributed by atoms with E-state index in [0.717, 1.165) is 42.4 Å². The highest BCUT2D eigenvalue weighted by molar-refractivity contribution is 6.29. The van der Waals surface area contributed by atoms with Crippen LogP contribution >= 0.6 is 11.6 Å². The zero-order valence-electron chi connectivity index (χ0n) is 29.9. The lowest BCUT2D eigenvalue weighted by Crippen LogP contribution is -2.38. The Hall–Kier alpha value is -7.31. The lowest BCUT2D eigenvalue weighted by molar-refractivity contribution is 0.479. The Labute approximate surface area is 326 Å². The topological polar surface area (TPSA) is 215 Å². The van der Waals surface area contributed by atoms with E-state index in [9.17, 15) is 0 Å². The van der Waals surface area contributed by atoms with Crippen molar-refractivity contribution in [3.05, 3.63) is 140 Å². The molecule has 9 rings (SSSR count). The van der Waals surface area contributed by atoms with Crippen LogP contribution in [0.3, 0.4) is 0 Å². The van der Waals surface area contributed by atoms with Gasteiger partial charge in [0, 0.05) is 41.8 Å². The van der Waals surface area contributed by atoms with Gasteiger partial charge >= 0.3 is 0 Å². The van der Waals surface area contributed by atoms with Crippen molar-refractivity contribution in [1.29, 1.82) is 0 Å². The fourth-order valence-electron chi connectivity index (χ4n) is 5.27. The molecule has 0 spiro atoms. The molecule has 1 atom stereocenters. The lowest BCUT2D eigenvalue weighted by Gasteiger charge is -2.24. The summed E-state index contributed by atoms with van der Waals surface area (Å²) in [6.07, 6.45) is 9.90. The number of hydrogen-bond donors (Lipinski definition) is 6. The molecule has 56 heavy (non-hydrogen) atoms. The molecule has 1 fully saturated rings. The summed E-state index contributed by atoms with van der Waals surface area (Å²) < 4.78 is 3.16. The highest BCUT2D eigenvalue weighted by atomic mass is 35.5. The van der Waals surface area contributed by atoms with Crippen LogP contribution in [0.4, 0.5) is 40.7 Å². The maximum atomic E-state index is 5.80. The Kier molecular flexibility index (Phi) is 12.7. The molecule has 0 bridgehead atoms. The van der Waals surface area contributed by atoms with Crippen molar-refractivity contribution in [1.82, 2.24) is 70.0 Å². The Morgan fingerprint density at radius 3 is 1.71 bits per heavy atom. The predicted octanol–water partition coefficient (Wildman–Crippen LogP) is 5.97. The van der Waals surface area contributed by atoms with Gasteiger partial charge in [-0.2, -0.15) is 20.1 Å². The Morgan fingerprint density at radius 1 is 0.607 bits per heavy atom. The van der Waals surface area contributed by atoms with Gasteiger partial charge in [-0.15, -0.1) is 10.2 Å². The predicted molar refractivity (Wildman–Crippen MR) is 214 cm³/mol. The Balaban J connectivity index is 0.000000137. The van der Waals surface area contributed by atoms with Crippen molar-refractivity contribution in [2.24, 2.45) is 0 Å². The van der Waals surface area contributed by atoms with Gasteiger partial charge in [0.15, 0.2) is 11.6 Å². The second-order valence-corrected chi connectivity index (χ2v) is 12.4. The van der Waals surface area contributed by atoms with E-state index in [4.69, 9.17) is 11.6 Å². The SMILES string of the molecule is Clc1cc(-n2cnc(Nc3ccccc3)n2)ncn1.c1ccc(Nc2ncn(-c3cc(NC4CCCNC4)ncn3)n2)cc1.c1ccc(Nc2ncn[nH]2)cc1. The molecule has 18 nitrogen and oxygen atoms in total. The number of nitrogens with one attached hydrogen (secondary N) is 6. The van der Waals surface area contributed by atoms with Gasteiger partial charge in [0.1, 0.15) is 42.6 Å². The van der Waals surface area contributed by atoms with Crippen molar-refractivity contribution >= 4 is 52.3 Å². The fraction of sp³-hybridized carbons (Fsp3) is 0.135. The van der Waals surface area contributed by atoms with Crippen LogP contribution in [0.25, 0.3) is 11.6 Å². The zero-order valence-corrected chi connectivity index (χ0v) is 30.6. The first-order valence-corrected chi connectivity index (χ1v) is 17.9. The molecule has 1 aliphatic heterocycles. The summed E-state index contributed by atoms with van der Waals surface area (Å²) in [5.41, 5.74) is 2.85. The second-order valence-electron chi connectivity index (χ2n) is 12.0.